The minimum Gasteiger partial charge on any atom is -0.497 e. The number of fused-ring (bicyclic) bond motifs is 1. The second kappa shape index (κ2) is 10.7. The van der Waals surface area contributed by atoms with Gasteiger partial charge in [-0.3, -0.25) is 9.52 Å². The van der Waals surface area contributed by atoms with Crippen LogP contribution in [0.2, 0.25) is 0 Å². The van der Waals surface area contributed by atoms with E-state index in [1.54, 1.807) is 43.5 Å². The van der Waals surface area contributed by atoms with E-state index in [4.69, 9.17) is 9.47 Å². The van der Waals surface area contributed by atoms with Gasteiger partial charge < -0.3 is 14.0 Å². The SMILES string of the molecule is COCCn1c(=NC(=O)c2ccccc2NS(=O)(=O)c2ccc(OC)cc2)sc2cc(C)c(C)cc21. The molecule has 0 aliphatic heterocycles. The van der Waals surface area contributed by atoms with Crippen molar-refractivity contribution in [3.05, 3.63) is 82.2 Å². The molecular weight excluding hydrogens is 498 g/mol. The topological polar surface area (TPSA) is 99.0 Å². The maximum absolute atomic E-state index is 13.3. The second-order valence-corrected chi connectivity index (χ2v) is 10.9. The summed E-state index contributed by atoms with van der Waals surface area (Å²) in [5.74, 6) is -0.00646. The van der Waals surface area contributed by atoms with Crippen LogP contribution in [0.15, 0.2) is 70.6 Å². The summed E-state index contributed by atoms with van der Waals surface area (Å²) in [6.45, 7) is 5.07. The Bertz CT molecular complexity index is 1590. The van der Waals surface area contributed by atoms with Crippen LogP contribution < -0.4 is 14.3 Å². The van der Waals surface area contributed by atoms with Crippen LogP contribution in [-0.4, -0.2) is 39.7 Å². The summed E-state index contributed by atoms with van der Waals surface area (Å²) >= 11 is 1.41. The molecule has 1 heterocycles. The van der Waals surface area contributed by atoms with E-state index in [0.29, 0.717) is 23.7 Å². The van der Waals surface area contributed by atoms with Crippen molar-refractivity contribution in [1.82, 2.24) is 4.57 Å². The zero-order chi connectivity index (χ0) is 25.9. The lowest BCUT2D eigenvalue weighted by molar-refractivity contribution is 0.0998. The van der Waals surface area contributed by atoms with Gasteiger partial charge in [-0.05, 0) is 73.5 Å². The number of aryl methyl sites for hydroxylation is 2. The molecular formula is C26H27N3O5S2. The van der Waals surface area contributed by atoms with Gasteiger partial charge in [0.05, 0.1) is 40.1 Å². The van der Waals surface area contributed by atoms with Gasteiger partial charge in [0, 0.05) is 13.7 Å². The quantitative estimate of drug-likeness (QED) is 0.365. The van der Waals surface area contributed by atoms with E-state index in [0.717, 1.165) is 21.3 Å². The van der Waals surface area contributed by atoms with Gasteiger partial charge in [0.25, 0.3) is 15.9 Å². The number of hydrogen-bond donors (Lipinski definition) is 1. The molecule has 36 heavy (non-hydrogen) atoms. The number of rotatable bonds is 8. The van der Waals surface area contributed by atoms with E-state index in [-0.39, 0.29) is 16.1 Å². The van der Waals surface area contributed by atoms with Crippen LogP contribution in [0, 0.1) is 13.8 Å². The number of sulfonamides is 1. The Hall–Kier alpha value is -3.47. The highest BCUT2D eigenvalue weighted by atomic mass is 32.2. The number of carbonyl (C=O) groups excluding carboxylic acids is 1. The number of nitrogens with one attached hydrogen (secondary N) is 1. The zero-order valence-electron chi connectivity index (χ0n) is 20.4. The van der Waals surface area contributed by atoms with Crippen LogP contribution in [0.3, 0.4) is 0 Å². The van der Waals surface area contributed by atoms with Gasteiger partial charge >= 0.3 is 0 Å². The average Bonchev–Trinajstić information content (AvgIpc) is 3.18. The molecule has 0 unspecified atom stereocenters. The molecule has 0 saturated carbocycles. The van der Waals surface area contributed by atoms with Crippen LogP contribution in [-0.2, 0) is 21.3 Å². The maximum atomic E-state index is 13.3. The minimum atomic E-state index is -3.94. The smallest absolute Gasteiger partial charge is 0.281 e. The fraction of sp³-hybridized carbons (Fsp3) is 0.231. The third kappa shape index (κ3) is 5.35. The normalized spacial score (nSPS) is 12.2. The Balaban J connectivity index is 1.74. The molecule has 1 amide bonds. The first-order valence-electron chi connectivity index (χ1n) is 11.2. The Morgan fingerprint density at radius 1 is 1.03 bits per heavy atom. The Morgan fingerprint density at radius 2 is 1.72 bits per heavy atom. The highest BCUT2D eigenvalue weighted by molar-refractivity contribution is 7.92. The van der Waals surface area contributed by atoms with Gasteiger partial charge in [0.1, 0.15) is 5.75 Å². The van der Waals surface area contributed by atoms with Gasteiger partial charge in [0.15, 0.2) is 4.80 Å². The number of methoxy groups -OCH3 is 2. The number of hydrogen-bond acceptors (Lipinski definition) is 6. The highest BCUT2D eigenvalue weighted by Crippen LogP contribution is 2.24. The average molecular weight is 526 g/mol. The number of benzene rings is 3. The predicted molar refractivity (Wildman–Crippen MR) is 141 cm³/mol. The van der Waals surface area contributed by atoms with E-state index in [9.17, 15) is 13.2 Å². The van der Waals surface area contributed by atoms with Gasteiger partial charge in [-0.25, -0.2) is 8.42 Å². The number of anilines is 1. The third-order valence-corrected chi connectivity index (χ3v) is 8.21. The number of carbonyl (C=O) groups is 1. The van der Waals surface area contributed by atoms with Crippen molar-refractivity contribution in [1.29, 1.82) is 0 Å². The standard InChI is InChI=1S/C26H27N3O5S2/c1-17-15-23-24(16-18(17)2)35-26(29(23)13-14-33-3)27-25(30)21-7-5-6-8-22(21)28-36(31,32)20-11-9-19(34-4)10-12-20/h5-12,15-16,28H,13-14H2,1-4H3. The molecule has 0 fully saturated rings. The number of thiazole rings is 1. The van der Waals surface area contributed by atoms with Crippen molar-refractivity contribution in [2.24, 2.45) is 4.99 Å². The molecule has 0 aliphatic carbocycles. The molecule has 1 N–H and O–H groups in total. The molecule has 10 heteroatoms. The van der Waals surface area contributed by atoms with Crippen molar-refractivity contribution >= 4 is 43.2 Å². The minimum absolute atomic E-state index is 0.0511. The predicted octanol–water partition coefficient (Wildman–Crippen LogP) is 4.52. The molecule has 0 radical (unpaired) electrons. The van der Waals surface area contributed by atoms with Gasteiger partial charge in [-0.1, -0.05) is 23.5 Å². The summed E-state index contributed by atoms with van der Waals surface area (Å²) in [4.78, 5) is 18.3. The molecule has 0 bridgehead atoms. The van der Waals surface area contributed by atoms with Crippen LogP contribution in [0.5, 0.6) is 5.75 Å². The van der Waals surface area contributed by atoms with E-state index >= 15 is 0 Å². The highest BCUT2D eigenvalue weighted by Gasteiger charge is 2.19. The second-order valence-electron chi connectivity index (χ2n) is 8.18. The van der Waals surface area contributed by atoms with Gasteiger partial charge in [0.2, 0.25) is 0 Å². The lowest BCUT2D eigenvalue weighted by Crippen LogP contribution is -2.20. The molecule has 8 nitrogen and oxygen atoms in total. The Kier molecular flexibility index (Phi) is 7.58. The van der Waals surface area contributed by atoms with Gasteiger partial charge in [-0.2, -0.15) is 4.99 Å². The molecule has 0 saturated heterocycles. The van der Waals surface area contributed by atoms with E-state index in [1.165, 1.54) is 30.6 Å². The molecule has 0 spiro atoms. The number of amides is 1. The fourth-order valence-electron chi connectivity index (χ4n) is 3.67. The number of nitrogens with zero attached hydrogens (tertiary/aromatic N) is 2. The van der Waals surface area contributed by atoms with Crippen molar-refractivity contribution in [3.8, 4) is 5.75 Å². The lowest BCUT2D eigenvalue weighted by atomic mass is 10.1. The summed E-state index contributed by atoms with van der Waals surface area (Å²) in [6.07, 6.45) is 0. The van der Waals surface area contributed by atoms with Crippen molar-refractivity contribution in [3.63, 3.8) is 0 Å². The number of ether oxygens (including phenoxy) is 2. The summed E-state index contributed by atoms with van der Waals surface area (Å²) in [5, 5.41) is 0. The van der Waals surface area contributed by atoms with Crippen LogP contribution in [0.25, 0.3) is 10.2 Å². The largest absolute Gasteiger partial charge is 0.497 e. The van der Waals surface area contributed by atoms with E-state index in [1.807, 2.05) is 18.4 Å². The van der Waals surface area contributed by atoms with Crippen LogP contribution in [0.1, 0.15) is 21.5 Å². The Labute approximate surface area is 213 Å². The number of para-hydroxylation sites is 1. The third-order valence-electron chi connectivity index (χ3n) is 5.79. The lowest BCUT2D eigenvalue weighted by Gasteiger charge is -2.11. The summed E-state index contributed by atoms with van der Waals surface area (Å²) in [6, 6.07) is 16.6. The first-order chi connectivity index (χ1) is 17.2. The summed E-state index contributed by atoms with van der Waals surface area (Å²) in [5.41, 5.74) is 3.57. The molecule has 0 aliphatic rings. The fourth-order valence-corrected chi connectivity index (χ4v) is 5.88. The van der Waals surface area contributed by atoms with Crippen molar-refractivity contribution in [2.45, 2.75) is 25.3 Å². The van der Waals surface area contributed by atoms with E-state index < -0.39 is 15.9 Å². The van der Waals surface area contributed by atoms with Crippen LogP contribution >= 0.6 is 11.3 Å². The van der Waals surface area contributed by atoms with Crippen molar-refractivity contribution in [2.75, 3.05) is 25.5 Å². The van der Waals surface area contributed by atoms with Crippen molar-refractivity contribution < 1.29 is 22.7 Å². The van der Waals surface area contributed by atoms with E-state index in [2.05, 4.69) is 21.8 Å². The van der Waals surface area contributed by atoms with Crippen LogP contribution in [0.4, 0.5) is 5.69 Å². The molecule has 188 valence electrons. The first-order valence-corrected chi connectivity index (χ1v) is 13.5. The summed E-state index contributed by atoms with van der Waals surface area (Å²) in [7, 11) is -0.808. The monoisotopic (exact) mass is 525 g/mol. The maximum Gasteiger partial charge on any atom is 0.281 e. The molecule has 4 rings (SSSR count). The molecule has 3 aromatic carbocycles. The summed E-state index contributed by atoms with van der Waals surface area (Å²) < 4.78 is 41.8. The molecule has 1 aromatic heterocycles. The Morgan fingerprint density at radius 3 is 2.42 bits per heavy atom. The zero-order valence-corrected chi connectivity index (χ0v) is 22.1. The molecule has 4 aromatic rings. The first kappa shape index (κ1) is 25.6. The van der Waals surface area contributed by atoms with Gasteiger partial charge in [-0.15, -0.1) is 0 Å². The molecule has 0 atom stereocenters. The number of aromatic nitrogens is 1.